The molecule has 8 nitrogen and oxygen atoms in total. The molecule has 5 rings (SSSR count). The molecule has 1 aliphatic heterocycles. The second kappa shape index (κ2) is 10.4. The van der Waals surface area contributed by atoms with Gasteiger partial charge in [-0.1, -0.05) is 71.8 Å². The summed E-state index contributed by atoms with van der Waals surface area (Å²) in [5.74, 6) is -2.40. The van der Waals surface area contributed by atoms with Gasteiger partial charge in [-0.2, -0.15) is 0 Å². The average molecular weight is 520 g/mol. The van der Waals surface area contributed by atoms with Crippen LogP contribution in [0.25, 0.3) is 0 Å². The van der Waals surface area contributed by atoms with Crippen LogP contribution in [0, 0.1) is 13.8 Å². The third-order valence-electron chi connectivity index (χ3n) is 7.00. The lowest BCUT2D eigenvalue weighted by molar-refractivity contribution is -0.131. The van der Waals surface area contributed by atoms with Crippen LogP contribution in [0.3, 0.4) is 0 Å². The van der Waals surface area contributed by atoms with E-state index in [9.17, 15) is 14.4 Å². The first kappa shape index (κ1) is 25.7. The van der Waals surface area contributed by atoms with Crippen LogP contribution >= 0.6 is 0 Å². The van der Waals surface area contributed by atoms with Crippen LogP contribution in [0.15, 0.2) is 97.2 Å². The van der Waals surface area contributed by atoms with Crippen molar-refractivity contribution in [1.29, 1.82) is 0 Å². The number of amides is 4. The van der Waals surface area contributed by atoms with Gasteiger partial charge in [0.2, 0.25) is 5.91 Å². The maximum Gasteiger partial charge on any atom is 0.320 e. The van der Waals surface area contributed by atoms with Gasteiger partial charge in [0.15, 0.2) is 5.54 Å². The van der Waals surface area contributed by atoms with Gasteiger partial charge in [-0.25, -0.2) is 4.79 Å². The lowest BCUT2D eigenvalue weighted by atomic mass is 9.74. The van der Waals surface area contributed by atoms with Crippen molar-refractivity contribution < 1.29 is 14.4 Å². The van der Waals surface area contributed by atoms with Crippen molar-refractivity contribution in [3.8, 4) is 0 Å². The highest BCUT2D eigenvalue weighted by molar-refractivity contribution is 6.13. The van der Waals surface area contributed by atoms with E-state index in [0.717, 1.165) is 11.1 Å². The third kappa shape index (κ3) is 4.84. The number of pyridine rings is 1. The molecule has 0 radical (unpaired) electrons. The molecule has 4 aromatic rings. The zero-order chi connectivity index (χ0) is 27.6. The molecule has 39 heavy (non-hydrogen) atoms. The van der Waals surface area contributed by atoms with E-state index in [2.05, 4.69) is 15.6 Å². The summed E-state index contributed by atoms with van der Waals surface area (Å²) in [6, 6.07) is 26.5. The first-order valence-corrected chi connectivity index (χ1v) is 12.6. The van der Waals surface area contributed by atoms with Crippen LogP contribution in [-0.2, 0) is 21.7 Å². The number of hydrogen-bond donors (Lipinski definition) is 3. The molecule has 0 aliphatic carbocycles. The van der Waals surface area contributed by atoms with Crippen molar-refractivity contribution >= 4 is 29.2 Å². The smallest absolute Gasteiger partial charge is 0.320 e. The van der Waals surface area contributed by atoms with Crippen molar-refractivity contribution in [2.24, 2.45) is 5.73 Å². The Hall–Kier alpha value is -4.98. The molecule has 2 heterocycles. The molecule has 4 N–H and O–H groups in total. The molecule has 2 unspecified atom stereocenters. The summed E-state index contributed by atoms with van der Waals surface area (Å²) in [4.78, 5) is 47.3. The molecule has 8 heteroatoms. The average Bonchev–Trinajstić information content (AvgIpc) is 3.15. The zero-order valence-electron chi connectivity index (χ0n) is 21.7. The highest BCUT2D eigenvalue weighted by Crippen LogP contribution is 2.48. The molecule has 0 fully saturated rings. The largest absolute Gasteiger partial charge is 0.369 e. The minimum Gasteiger partial charge on any atom is -0.369 e. The molecule has 0 spiro atoms. The standard InChI is InChI=1S/C31H29N5O3/c1-20-10-14-22(15-11-20)27(28(32)37)31(35-30(39)34-23-16-12-21(2)13-17-23)25-8-3-4-9-26(25)36(29(31)38)19-24-7-5-6-18-33-24/h3-18,27H,19H2,1-2H3,(H2,32,37)(H2,34,35,39). The number of primary amides is 1. The molecule has 3 aromatic carbocycles. The maximum atomic E-state index is 14.6. The number of carbonyl (C=O) groups is 3. The lowest BCUT2D eigenvalue weighted by Gasteiger charge is -2.36. The molecular formula is C31H29N5O3. The van der Waals surface area contributed by atoms with Crippen molar-refractivity contribution in [1.82, 2.24) is 10.3 Å². The van der Waals surface area contributed by atoms with E-state index in [0.29, 0.717) is 28.2 Å². The van der Waals surface area contributed by atoms with Gasteiger partial charge in [-0.05, 0) is 49.7 Å². The number of para-hydroxylation sites is 1. The summed E-state index contributed by atoms with van der Waals surface area (Å²) in [5.41, 5.74) is 9.03. The predicted molar refractivity (Wildman–Crippen MR) is 150 cm³/mol. The van der Waals surface area contributed by atoms with E-state index in [1.165, 1.54) is 0 Å². The van der Waals surface area contributed by atoms with Gasteiger partial charge >= 0.3 is 6.03 Å². The SMILES string of the molecule is Cc1ccc(NC(=O)NC2(C(C(N)=O)c3ccc(C)cc3)C(=O)N(Cc3ccccn3)c3ccccc32)cc1. The number of rotatable bonds is 7. The van der Waals surface area contributed by atoms with Crippen LogP contribution in [0.4, 0.5) is 16.2 Å². The molecule has 0 saturated heterocycles. The molecule has 4 amide bonds. The van der Waals surface area contributed by atoms with Crippen LogP contribution < -0.4 is 21.3 Å². The summed E-state index contributed by atoms with van der Waals surface area (Å²) in [7, 11) is 0. The van der Waals surface area contributed by atoms with Crippen molar-refractivity contribution in [2.75, 3.05) is 10.2 Å². The number of carbonyl (C=O) groups excluding carboxylic acids is 3. The number of fused-ring (bicyclic) bond motifs is 1. The first-order valence-electron chi connectivity index (χ1n) is 12.6. The van der Waals surface area contributed by atoms with Gasteiger partial charge in [0.05, 0.1) is 23.8 Å². The maximum absolute atomic E-state index is 14.6. The number of nitrogens with two attached hydrogens (primary N) is 1. The first-order chi connectivity index (χ1) is 18.8. The Kier molecular flexibility index (Phi) is 6.85. The van der Waals surface area contributed by atoms with Crippen molar-refractivity contribution in [2.45, 2.75) is 31.8 Å². The predicted octanol–water partition coefficient (Wildman–Crippen LogP) is 4.53. The monoisotopic (exact) mass is 519 g/mol. The van der Waals surface area contributed by atoms with E-state index in [1.807, 2.05) is 56.3 Å². The second-order valence-electron chi connectivity index (χ2n) is 9.73. The number of aromatic nitrogens is 1. The van der Waals surface area contributed by atoms with Crippen molar-refractivity contribution in [3.05, 3.63) is 125 Å². The quantitative estimate of drug-likeness (QED) is 0.332. The van der Waals surface area contributed by atoms with Gasteiger partial charge in [0.25, 0.3) is 5.91 Å². The van der Waals surface area contributed by atoms with E-state index in [1.54, 1.807) is 59.6 Å². The normalized spacial score (nSPS) is 16.9. The Labute approximate surface area is 226 Å². The minimum absolute atomic E-state index is 0.152. The van der Waals surface area contributed by atoms with E-state index in [-0.39, 0.29) is 6.54 Å². The molecule has 1 aliphatic rings. The van der Waals surface area contributed by atoms with Crippen LogP contribution in [0.5, 0.6) is 0 Å². The number of nitrogens with zero attached hydrogens (tertiary/aromatic N) is 2. The number of benzene rings is 3. The molecule has 0 saturated carbocycles. The molecule has 0 bridgehead atoms. The van der Waals surface area contributed by atoms with Crippen LogP contribution in [-0.4, -0.2) is 22.8 Å². The second-order valence-corrected chi connectivity index (χ2v) is 9.73. The number of nitrogens with one attached hydrogen (secondary N) is 2. The number of urea groups is 1. The highest BCUT2D eigenvalue weighted by atomic mass is 16.2. The topological polar surface area (TPSA) is 117 Å². The van der Waals surface area contributed by atoms with Gasteiger partial charge < -0.3 is 21.3 Å². The molecule has 196 valence electrons. The summed E-state index contributed by atoms with van der Waals surface area (Å²) >= 11 is 0. The summed E-state index contributed by atoms with van der Waals surface area (Å²) in [5, 5.41) is 5.72. The number of aryl methyl sites for hydroxylation is 2. The fourth-order valence-electron chi connectivity index (χ4n) is 5.13. The summed E-state index contributed by atoms with van der Waals surface area (Å²) < 4.78 is 0. The fraction of sp³-hybridized carbons (Fsp3) is 0.161. The summed E-state index contributed by atoms with van der Waals surface area (Å²) in [6.07, 6.45) is 1.65. The van der Waals surface area contributed by atoms with Crippen LogP contribution in [0.2, 0.25) is 0 Å². The molecule has 1 aromatic heterocycles. The molecule has 2 atom stereocenters. The summed E-state index contributed by atoms with van der Waals surface area (Å²) in [6.45, 7) is 4.03. The van der Waals surface area contributed by atoms with Crippen molar-refractivity contribution in [3.63, 3.8) is 0 Å². The Balaban J connectivity index is 1.65. The lowest BCUT2D eigenvalue weighted by Crippen LogP contribution is -2.60. The Bertz CT molecular complexity index is 1520. The van der Waals surface area contributed by atoms with E-state index < -0.39 is 29.3 Å². The molecular weight excluding hydrogens is 490 g/mol. The fourth-order valence-corrected chi connectivity index (χ4v) is 5.13. The van der Waals surface area contributed by atoms with Gasteiger partial charge in [-0.3, -0.25) is 14.6 Å². The zero-order valence-corrected chi connectivity index (χ0v) is 21.7. The third-order valence-corrected chi connectivity index (χ3v) is 7.00. The van der Waals surface area contributed by atoms with Gasteiger partial charge in [0.1, 0.15) is 0 Å². The van der Waals surface area contributed by atoms with E-state index >= 15 is 0 Å². The number of anilines is 2. The van der Waals surface area contributed by atoms with Crippen LogP contribution in [0.1, 0.15) is 33.9 Å². The number of hydrogen-bond acceptors (Lipinski definition) is 4. The van der Waals surface area contributed by atoms with E-state index in [4.69, 9.17) is 5.73 Å². The Morgan fingerprint density at radius 2 is 1.54 bits per heavy atom. The highest BCUT2D eigenvalue weighted by Gasteiger charge is 2.59. The van der Waals surface area contributed by atoms with Gasteiger partial charge in [0, 0.05) is 17.4 Å². The Morgan fingerprint density at radius 1 is 0.897 bits per heavy atom. The minimum atomic E-state index is -1.80. The Morgan fingerprint density at radius 3 is 2.18 bits per heavy atom. The van der Waals surface area contributed by atoms with Gasteiger partial charge in [-0.15, -0.1) is 0 Å².